The van der Waals surface area contributed by atoms with E-state index in [9.17, 15) is 4.79 Å². The highest BCUT2D eigenvalue weighted by Gasteiger charge is 2.13. The maximum Gasteiger partial charge on any atom is 0.253 e. The first kappa shape index (κ1) is 15.9. The molecule has 19 heavy (non-hydrogen) atoms. The fourth-order valence-corrected chi connectivity index (χ4v) is 2.44. The van der Waals surface area contributed by atoms with Crippen LogP contribution in [0.3, 0.4) is 0 Å². The number of rotatable bonds is 7. The Morgan fingerprint density at radius 1 is 1.42 bits per heavy atom. The van der Waals surface area contributed by atoms with Gasteiger partial charge < -0.3 is 10.6 Å². The van der Waals surface area contributed by atoms with E-state index in [-0.39, 0.29) is 11.9 Å². The molecule has 0 aliphatic rings. The van der Waals surface area contributed by atoms with Crippen molar-refractivity contribution < 1.29 is 4.79 Å². The number of carbonyl (C=O) groups is 1. The zero-order chi connectivity index (χ0) is 14.3. The van der Waals surface area contributed by atoms with Crippen LogP contribution in [0, 0.1) is 6.92 Å². The molecule has 0 saturated carbocycles. The molecule has 1 atom stereocenters. The molecule has 1 rings (SSSR count). The fourth-order valence-electron chi connectivity index (χ4n) is 1.85. The molecule has 0 heterocycles. The van der Waals surface area contributed by atoms with Gasteiger partial charge in [0.15, 0.2) is 0 Å². The first-order chi connectivity index (χ1) is 9.08. The van der Waals surface area contributed by atoms with Gasteiger partial charge in [-0.1, -0.05) is 18.6 Å². The largest absolute Gasteiger partial charge is 0.384 e. The lowest BCUT2D eigenvalue weighted by atomic mass is 10.1. The lowest BCUT2D eigenvalue weighted by Crippen LogP contribution is -2.34. The smallest absolute Gasteiger partial charge is 0.253 e. The highest BCUT2D eigenvalue weighted by Crippen LogP contribution is 2.17. The number of anilines is 1. The van der Waals surface area contributed by atoms with Crippen LogP contribution in [0.15, 0.2) is 18.2 Å². The molecule has 0 fully saturated rings. The fraction of sp³-hybridized carbons (Fsp3) is 0.533. The number of amides is 1. The van der Waals surface area contributed by atoms with Crippen molar-refractivity contribution in [1.82, 2.24) is 5.32 Å². The Morgan fingerprint density at radius 3 is 2.79 bits per heavy atom. The highest BCUT2D eigenvalue weighted by atomic mass is 32.2. The maximum absolute atomic E-state index is 12.3. The third-order valence-electron chi connectivity index (χ3n) is 2.78. The first-order valence-corrected chi connectivity index (χ1v) is 8.12. The number of hydrogen-bond donors (Lipinski definition) is 2. The topological polar surface area (TPSA) is 41.1 Å². The standard InChI is InChI=1S/C15H24N2OS/c1-5-8-16-14-7-6-11(2)9-13(14)15(18)17-12(3)10-19-4/h6-7,9,12,16H,5,8,10H2,1-4H3,(H,17,18). The summed E-state index contributed by atoms with van der Waals surface area (Å²) >= 11 is 1.74. The summed E-state index contributed by atoms with van der Waals surface area (Å²) in [5.74, 6) is 0.929. The van der Waals surface area contributed by atoms with E-state index in [1.54, 1.807) is 11.8 Å². The van der Waals surface area contributed by atoms with E-state index in [4.69, 9.17) is 0 Å². The van der Waals surface area contributed by atoms with Crippen LogP contribution in [0.2, 0.25) is 0 Å². The van der Waals surface area contributed by atoms with E-state index in [1.165, 1.54) is 0 Å². The molecular weight excluding hydrogens is 256 g/mol. The molecule has 2 N–H and O–H groups in total. The van der Waals surface area contributed by atoms with Crippen LogP contribution in [0.1, 0.15) is 36.2 Å². The van der Waals surface area contributed by atoms with Crippen molar-refractivity contribution in [2.75, 3.05) is 23.9 Å². The normalized spacial score (nSPS) is 12.0. The van der Waals surface area contributed by atoms with Gasteiger partial charge in [-0.2, -0.15) is 11.8 Å². The molecule has 1 amide bonds. The molecule has 0 saturated heterocycles. The third kappa shape index (κ3) is 5.15. The summed E-state index contributed by atoms with van der Waals surface area (Å²) in [6.07, 6.45) is 3.08. The molecule has 0 aliphatic carbocycles. The predicted molar refractivity (Wildman–Crippen MR) is 85.3 cm³/mol. The van der Waals surface area contributed by atoms with Crippen molar-refractivity contribution in [2.45, 2.75) is 33.2 Å². The second kappa shape index (κ2) is 8.10. The van der Waals surface area contributed by atoms with Gasteiger partial charge in [0.25, 0.3) is 5.91 Å². The number of hydrogen-bond acceptors (Lipinski definition) is 3. The highest BCUT2D eigenvalue weighted by molar-refractivity contribution is 7.98. The summed E-state index contributed by atoms with van der Waals surface area (Å²) in [5.41, 5.74) is 2.76. The Balaban J connectivity index is 2.84. The summed E-state index contributed by atoms with van der Waals surface area (Å²) < 4.78 is 0. The monoisotopic (exact) mass is 280 g/mol. The maximum atomic E-state index is 12.3. The number of benzene rings is 1. The zero-order valence-corrected chi connectivity index (χ0v) is 13.1. The number of thioether (sulfide) groups is 1. The average Bonchev–Trinajstić information content (AvgIpc) is 2.37. The van der Waals surface area contributed by atoms with Crippen LogP contribution in [0.4, 0.5) is 5.69 Å². The van der Waals surface area contributed by atoms with Crippen molar-refractivity contribution in [3.05, 3.63) is 29.3 Å². The molecule has 0 spiro atoms. The lowest BCUT2D eigenvalue weighted by Gasteiger charge is -2.16. The second-order valence-electron chi connectivity index (χ2n) is 4.81. The molecular formula is C15H24N2OS. The van der Waals surface area contributed by atoms with Crippen LogP contribution in [0.25, 0.3) is 0 Å². The number of carbonyl (C=O) groups excluding carboxylic acids is 1. The molecule has 0 bridgehead atoms. The molecule has 0 aliphatic heterocycles. The van der Waals surface area contributed by atoms with Gasteiger partial charge in [-0.3, -0.25) is 4.79 Å². The summed E-state index contributed by atoms with van der Waals surface area (Å²) in [6.45, 7) is 7.03. The van der Waals surface area contributed by atoms with E-state index in [0.717, 1.165) is 35.5 Å². The van der Waals surface area contributed by atoms with Crippen molar-refractivity contribution in [3.63, 3.8) is 0 Å². The van der Waals surface area contributed by atoms with Gasteiger partial charge in [-0.25, -0.2) is 0 Å². The zero-order valence-electron chi connectivity index (χ0n) is 12.2. The quantitative estimate of drug-likeness (QED) is 0.805. The van der Waals surface area contributed by atoms with Crippen LogP contribution in [-0.4, -0.2) is 30.5 Å². The Bertz CT molecular complexity index is 421. The van der Waals surface area contributed by atoms with Gasteiger partial charge in [-0.05, 0) is 38.7 Å². The number of aryl methyl sites for hydroxylation is 1. The van der Waals surface area contributed by atoms with Gasteiger partial charge >= 0.3 is 0 Å². The van der Waals surface area contributed by atoms with Crippen LogP contribution in [0.5, 0.6) is 0 Å². The van der Waals surface area contributed by atoms with Crippen molar-refractivity contribution >= 4 is 23.4 Å². The second-order valence-corrected chi connectivity index (χ2v) is 5.72. The van der Waals surface area contributed by atoms with Crippen LogP contribution < -0.4 is 10.6 Å². The van der Waals surface area contributed by atoms with Gasteiger partial charge in [0.2, 0.25) is 0 Å². The third-order valence-corrected chi connectivity index (χ3v) is 3.61. The van der Waals surface area contributed by atoms with Crippen LogP contribution in [-0.2, 0) is 0 Å². The molecule has 0 aromatic heterocycles. The summed E-state index contributed by atoms with van der Waals surface area (Å²) in [6, 6.07) is 6.14. The van der Waals surface area contributed by atoms with E-state index in [2.05, 4.69) is 17.6 Å². The minimum Gasteiger partial charge on any atom is -0.384 e. The average molecular weight is 280 g/mol. The van der Waals surface area contributed by atoms with Gasteiger partial charge in [0, 0.05) is 24.0 Å². The SMILES string of the molecule is CCCNc1ccc(C)cc1C(=O)NC(C)CSC. The molecule has 106 valence electrons. The van der Waals surface area contributed by atoms with Crippen LogP contribution >= 0.6 is 11.8 Å². The predicted octanol–water partition coefficient (Wildman–Crippen LogP) is 3.30. The van der Waals surface area contributed by atoms with E-state index >= 15 is 0 Å². The summed E-state index contributed by atoms with van der Waals surface area (Å²) in [4.78, 5) is 12.3. The first-order valence-electron chi connectivity index (χ1n) is 6.72. The molecule has 0 radical (unpaired) electrons. The Morgan fingerprint density at radius 2 is 2.16 bits per heavy atom. The van der Waals surface area contributed by atoms with E-state index < -0.39 is 0 Å². The van der Waals surface area contributed by atoms with Crippen molar-refractivity contribution in [3.8, 4) is 0 Å². The molecule has 1 unspecified atom stereocenters. The summed E-state index contributed by atoms with van der Waals surface area (Å²) in [7, 11) is 0. The number of nitrogens with one attached hydrogen (secondary N) is 2. The molecule has 3 nitrogen and oxygen atoms in total. The molecule has 1 aromatic carbocycles. The van der Waals surface area contributed by atoms with Gasteiger partial charge in [-0.15, -0.1) is 0 Å². The van der Waals surface area contributed by atoms with Gasteiger partial charge in [0.1, 0.15) is 0 Å². The van der Waals surface area contributed by atoms with E-state index in [0.29, 0.717) is 0 Å². The van der Waals surface area contributed by atoms with Crippen molar-refractivity contribution in [1.29, 1.82) is 0 Å². The Hall–Kier alpha value is -1.16. The summed E-state index contributed by atoms with van der Waals surface area (Å²) in [5, 5.41) is 6.35. The minimum absolute atomic E-state index is 0.00357. The Kier molecular flexibility index (Phi) is 6.78. The Labute approximate surface area is 120 Å². The van der Waals surface area contributed by atoms with Crippen molar-refractivity contribution in [2.24, 2.45) is 0 Å². The lowest BCUT2D eigenvalue weighted by molar-refractivity contribution is 0.0944. The van der Waals surface area contributed by atoms with E-state index in [1.807, 2.05) is 38.3 Å². The molecule has 1 aromatic rings. The molecule has 4 heteroatoms. The van der Waals surface area contributed by atoms with Gasteiger partial charge in [0.05, 0.1) is 5.56 Å². The minimum atomic E-state index is 0.00357.